The van der Waals surface area contributed by atoms with Gasteiger partial charge in [0.1, 0.15) is 17.1 Å². The first-order valence-electron chi connectivity index (χ1n) is 4.21. The van der Waals surface area contributed by atoms with Crippen molar-refractivity contribution in [1.82, 2.24) is 4.98 Å². The molecule has 0 amide bonds. The molecule has 0 spiro atoms. The van der Waals surface area contributed by atoms with E-state index in [0.29, 0.717) is 0 Å². The van der Waals surface area contributed by atoms with Gasteiger partial charge in [-0.3, -0.25) is 0 Å². The molecular formula is C9H9F2NO3. The summed E-state index contributed by atoms with van der Waals surface area (Å²) < 4.78 is 29.1. The van der Waals surface area contributed by atoms with Gasteiger partial charge in [0.2, 0.25) is 0 Å². The molecule has 0 aliphatic rings. The molecule has 15 heavy (non-hydrogen) atoms. The van der Waals surface area contributed by atoms with Crippen molar-refractivity contribution in [3.8, 4) is 5.75 Å². The molecule has 0 bridgehead atoms. The van der Waals surface area contributed by atoms with E-state index in [-0.39, 0.29) is 12.3 Å². The number of ether oxygens (including phenoxy) is 1. The number of alkyl halides is 2. The number of carbonyl (C=O) groups excluding carboxylic acids is 1. The minimum Gasteiger partial charge on any atom is -0.506 e. The zero-order valence-electron chi connectivity index (χ0n) is 7.91. The van der Waals surface area contributed by atoms with Crippen molar-refractivity contribution in [2.24, 2.45) is 0 Å². The van der Waals surface area contributed by atoms with Gasteiger partial charge in [-0.05, 0) is 19.1 Å². The summed E-state index contributed by atoms with van der Waals surface area (Å²) in [4.78, 5) is 14.4. The van der Waals surface area contributed by atoms with Gasteiger partial charge in [-0.1, -0.05) is 0 Å². The van der Waals surface area contributed by atoms with E-state index < -0.39 is 23.8 Å². The highest BCUT2D eigenvalue weighted by atomic mass is 19.3. The van der Waals surface area contributed by atoms with E-state index in [1.165, 1.54) is 0 Å². The van der Waals surface area contributed by atoms with E-state index in [4.69, 9.17) is 5.11 Å². The third-order valence-corrected chi connectivity index (χ3v) is 1.59. The molecule has 0 radical (unpaired) electrons. The van der Waals surface area contributed by atoms with E-state index in [1.54, 1.807) is 6.92 Å². The van der Waals surface area contributed by atoms with Gasteiger partial charge in [0, 0.05) is 0 Å². The van der Waals surface area contributed by atoms with Gasteiger partial charge in [0.05, 0.1) is 6.61 Å². The van der Waals surface area contributed by atoms with Crippen LogP contribution in [0.15, 0.2) is 12.1 Å². The van der Waals surface area contributed by atoms with Crippen molar-refractivity contribution in [2.75, 3.05) is 6.61 Å². The van der Waals surface area contributed by atoms with Crippen molar-refractivity contribution in [3.05, 3.63) is 23.5 Å². The molecular weight excluding hydrogens is 208 g/mol. The quantitative estimate of drug-likeness (QED) is 0.785. The maximum absolute atomic E-state index is 12.3. The Morgan fingerprint density at radius 3 is 2.80 bits per heavy atom. The number of aromatic nitrogens is 1. The van der Waals surface area contributed by atoms with Gasteiger partial charge < -0.3 is 9.84 Å². The normalized spacial score (nSPS) is 10.4. The molecule has 0 aromatic carbocycles. The summed E-state index contributed by atoms with van der Waals surface area (Å²) >= 11 is 0. The molecule has 0 aliphatic carbocycles. The van der Waals surface area contributed by atoms with Gasteiger partial charge in [0.25, 0.3) is 6.43 Å². The van der Waals surface area contributed by atoms with Crippen LogP contribution in [0.3, 0.4) is 0 Å². The summed E-state index contributed by atoms with van der Waals surface area (Å²) in [5.41, 5.74) is -1.06. The molecule has 82 valence electrons. The third-order valence-electron chi connectivity index (χ3n) is 1.59. The van der Waals surface area contributed by atoms with Crippen LogP contribution in [0.1, 0.15) is 29.5 Å². The molecule has 1 N–H and O–H groups in total. The standard InChI is InChI=1S/C9H9F2NO3/c1-2-15-9(14)5-3-4-6(13)7(12-5)8(10)11/h3-4,8,13H,2H2,1H3. The first kappa shape index (κ1) is 11.4. The summed E-state index contributed by atoms with van der Waals surface area (Å²) in [7, 11) is 0. The monoisotopic (exact) mass is 217 g/mol. The molecule has 1 aromatic rings. The molecule has 6 heteroatoms. The summed E-state index contributed by atoms with van der Waals surface area (Å²) in [5, 5.41) is 9.02. The summed E-state index contributed by atoms with van der Waals surface area (Å²) in [6.07, 6.45) is -2.93. The molecule has 0 saturated heterocycles. The molecule has 0 atom stereocenters. The van der Waals surface area contributed by atoms with E-state index >= 15 is 0 Å². The van der Waals surface area contributed by atoms with Crippen LogP contribution in [-0.4, -0.2) is 22.7 Å². The number of aromatic hydroxyl groups is 1. The molecule has 4 nitrogen and oxygen atoms in total. The van der Waals surface area contributed by atoms with Gasteiger partial charge in [-0.25, -0.2) is 18.6 Å². The van der Waals surface area contributed by atoms with Crippen molar-refractivity contribution in [3.63, 3.8) is 0 Å². The van der Waals surface area contributed by atoms with Crippen molar-refractivity contribution >= 4 is 5.97 Å². The van der Waals surface area contributed by atoms with Gasteiger partial charge in [-0.15, -0.1) is 0 Å². The lowest BCUT2D eigenvalue weighted by molar-refractivity contribution is 0.0517. The summed E-state index contributed by atoms with van der Waals surface area (Å²) in [5.74, 6) is -1.43. The predicted molar refractivity (Wildman–Crippen MR) is 46.8 cm³/mol. The average molecular weight is 217 g/mol. The van der Waals surface area contributed by atoms with Crippen LogP contribution < -0.4 is 0 Å². The van der Waals surface area contributed by atoms with Crippen LogP contribution in [-0.2, 0) is 4.74 Å². The Bertz CT molecular complexity index is 368. The fraction of sp³-hybridized carbons (Fsp3) is 0.333. The van der Waals surface area contributed by atoms with Crippen LogP contribution >= 0.6 is 0 Å². The Kier molecular flexibility index (Phi) is 3.54. The lowest BCUT2D eigenvalue weighted by atomic mass is 10.3. The number of carbonyl (C=O) groups is 1. The van der Waals surface area contributed by atoms with E-state index in [2.05, 4.69) is 9.72 Å². The fourth-order valence-electron chi connectivity index (χ4n) is 0.947. The SMILES string of the molecule is CCOC(=O)c1ccc(O)c(C(F)F)n1. The Labute approximate surface area is 84.5 Å². The molecule has 0 fully saturated rings. The molecule has 0 unspecified atom stereocenters. The number of esters is 1. The molecule has 1 rings (SSSR count). The topological polar surface area (TPSA) is 59.4 Å². The smallest absolute Gasteiger partial charge is 0.356 e. The van der Waals surface area contributed by atoms with Crippen molar-refractivity contribution in [2.45, 2.75) is 13.3 Å². The number of hydrogen-bond acceptors (Lipinski definition) is 4. The Morgan fingerprint density at radius 2 is 2.27 bits per heavy atom. The summed E-state index contributed by atoms with van der Waals surface area (Å²) in [6, 6.07) is 2.11. The zero-order valence-corrected chi connectivity index (χ0v) is 7.91. The van der Waals surface area contributed by atoms with Crippen LogP contribution in [0, 0.1) is 0 Å². The predicted octanol–water partition coefficient (Wildman–Crippen LogP) is 1.90. The zero-order chi connectivity index (χ0) is 11.4. The number of rotatable bonds is 3. The van der Waals surface area contributed by atoms with Gasteiger partial charge >= 0.3 is 5.97 Å². The minimum atomic E-state index is -2.93. The average Bonchev–Trinajstić information content (AvgIpc) is 2.18. The van der Waals surface area contributed by atoms with Crippen LogP contribution in [0.4, 0.5) is 8.78 Å². The largest absolute Gasteiger partial charge is 0.506 e. The van der Waals surface area contributed by atoms with E-state index in [1.807, 2.05) is 0 Å². The van der Waals surface area contributed by atoms with E-state index in [9.17, 15) is 13.6 Å². The van der Waals surface area contributed by atoms with Crippen LogP contribution in [0.25, 0.3) is 0 Å². The number of hydrogen-bond donors (Lipinski definition) is 1. The molecule has 0 saturated carbocycles. The van der Waals surface area contributed by atoms with Gasteiger partial charge in [-0.2, -0.15) is 0 Å². The van der Waals surface area contributed by atoms with Crippen LogP contribution in [0.5, 0.6) is 5.75 Å². The lowest BCUT2D eigenvalue weighted by Crippen LogP contribution is -2.08. The van der Waals surface area contributed by atoms with E-state index in [0.717, 1.165) is 12.1 Å². The summed E-state index contributed by atoms with van der Waals surface area (Å²) in [6.45, 7) is 1.72. The highest BCUT2D eigenvalue weighted by Gasteiger charge is 2.18. The fourth-order valence-corrected chi connectivity index (χ4v) is 0.947. The minimum absolute atomic E-state index is 0.130. The number of nitrogens with zero attached hydrogens (tertiary/aromatic N) is 1. The molecule has 0 aliphatic heterocycles. The second kappa shape index (κ2) is 4.68. The first-order chi connectivity index (χ1) is 7.06. The highest BCUT2D eigenvalue weighted by molar-refractivity contribution is 5.87. The Morgan fingerprint density at radius 1 is 1.60 bits per heavy atom. The Hall–Kier alpha value is -1.72. The van der Waals surface area contributed by atoms with Crippen molar-refractivity contribution in [1.29, 1.82) is 0 Å². The Balaban J connectivity index is 3.02. The maximum atomic E-state index is 12.3. The highest BCUT2D eigenvalue weighted by Crippen LogP contribution is 2.25. The lowest BCUT2D eigenvalue weighted by Gasteiger charge is -2.05. The maximum Gasteiger partial charge on any atom is 0.356 e. The third kappa shape index (κ3) is 2.61. The second-order valence-electron chi connectivity index (χ2n) is 2.62. The number of halogens is 2. The first-order valence-corrected chi connectivity index (χ1v) is 4.21. The number of pyridine rings is 1. The van der Waals surface area contributed by atoms with Crippen LogP contribution in [0.2, 0.25) is 0 Å². The molecule has 1 heterocycles. The van der Waals surface area contributed by atoms with Gasteiger partial charge in [0.15, 0.2) is 0 Å². The molecule has 1 aromatic heterocycles. The second-order valence-corrected chi connectivity index (χ2v) is 2.62. The van der Waals surface area contributed by atoms with Crippen molar-refractivity contribution < 1.29 is 23.4 Å².